The molecule has 0 saturated heterocycles. The van der Waals surface area contributed by atoms with Crippen LogP contribution in [0.15, 0.2) is 60.0 Å². The van der Waals surface area contributed by atoms with Gasteiger partial charge in [-0.15, -0.1) is 0 Å². The minimum Gasteiger partial charge on any atom is -0.423 e. The van der Waals surface area contributed by atoms with Crippen LogP contribution in [0.5, 0.6) is 11.8 Å². The molecule has 1 aromatic carbocycles. The van der Waals surface area contributed by atoms with Crippen LogP contribution in [0.4, 0.5) is 11.4 Å². The average molecular weight is 398 g/mol. The molecule has 0 saturated carbocycles. The normalized spacial score (nSPS) is 9.68. The van der Waals surface area contributed by atoms with Gasteiger partial charge in [-0.25, -0.2) is 9.97 Å². The van der Waals surface area contributed by atoms with Gasteiger partial charge in [0.1, 0.15) is 11.4 Å². The second kappa shape index (κ2) is 9.98. The second-order valence-electron chi connectivity index (χ2n) is 5.41. The monoisotopic (exact) mass is 397 g/mol. The summed E-state index contributed by atoms with van der Waals surface area (Å²) in [6, 6.07) is 10.5. The predicted octanol–water partition coefficient (Wildman–Crippen LogP) is 3.68. The highest BCUT2D eigenvalue weighted by Gasteiger charge is 2.15. The maximum atomic E-state index is 8.31. The average Bonchev–Trinajstić information content (AvgIpc) is 2.70. The number of aromatic nitrogens is 3. The molecule has 0 spiro atoms. The van der Waals surface area contributed by atoms with Crippen molar-refractivity contribution in [3.05, 3.63) is 65.7 Å². The molecule has 0 bridgehead atoms. The zero-order chi connectivity index (χ0) is 20.5. The van der Waals surface area contributed by atoms with Crippen molar-refractivity contribution in [1.82, 2.24) is 15.0 Å². The van der Waals surface area contributed by atoms with Gasteiger partial charge < -0.3 is 20.4 Å². The highest BCUT2D eigenvalue weighted by atomic mass is 35.5. The van der Waals surface area contributed by atoms with Crippen LogP contribution in [0.1, 0.15) is 5.69 Å². The van der Waals surface area contributed by atoms with E-state index in [0.29, 0.717) is 27.8 Å². The number of nitrogens with zero attached hydrogens (tertiary/aromatic N) is 5. The molecule has 0 fully saturated rings. The van der Waals surface area contributed by atoms with Gasteiger partial charge in [0.15, 0.2) is 5.84 Å². The summed E-state index contributed by atoms with van der Waals surface area (Å²) in [7, 11) is 3.38. The fraction of sp³-hybridized carbons (Fsp3) is 0.105. The molecule has 2 aromatic heterocycles. The number of pyridine rings is 1. The van der Waals surface area contributed by atoms with Gasteiger partial charge in [-0.05, 0) is 43.1 Å². The lowest BCUT2D eigenvalue weighted by Gasteiger charge is -2.21. The lowest BCUT2D eigenvalue weighted by atomic mass is 10.2. The Hall–Kier alpha value is -3.52. The molecule has 3 N–H and O–H groups in total. The molecule has 2 heterocycles. The maximum absolute atomic E-state index is 8.31. The predicted molar refractivity (Wildman–Crippen MR) is 113 cm³/mol. The van der Waals surface area contributed by atoms with Crippen LogP contribution in [0.2, 0.25) is 5.02 Å². The third-order valence-electron chi connectivity index (χ3n) is 3.44. The van der Waals surface area contributed by atoms with Crippen LogP contribution >= 0.6 is 11.6 Å². The van der Waals surface area contributed by atoms with Crippen LogP contribution < -0.4 is 15.4 Å². The van der Waals surface area contributed by atoms with Gasteiger partial charge >= 0.3 is 6.01 Å². The maximum Gasteiger partial charge on any atom is 0.321 e. The number of anilines is 2. The van der Waals surface area contributed by atoms with Gasteiger partial charge in [0.2, 0.25) is 0 Å². The largest absolute Gasteiger partial charge is 0.423 e. The lowest BCUT2D eigenvalue weighted by molar-refractivity contribution is 0.442. The fourth-order valence-electron chi connectivity index (χ4n) is 2.12. The molecule has 3 aromatic rings. The van der Waals surface area contributed by atoms with Crippen molar-refractivity contribution in [3.63, 3.8) is 0 Å². The van der Waals surface area contributed by atoms with Crippen LogP contribution in [0, 0.1) is 5.41 Å². The molecule has 0 amide bonds. The molecular formula is C19H20ClN7O. The van der Waals surface area contributed by atoms with E-state index >= 15 is 0 Å². The van der Waals surface area contributed by atoms with Gasteiger partial charge in [-0.1, -0.05) is 11.6 Å². The molecule has 3 rings (SSSR count). The van der Waals surface area contributed by atoms with Gasteiger partial charge in [-0.2, -0.15) is 0 Å². The molecule has 0 aliphatic rings. The molecule has 9 heteroatoms. The Kier molecular flexibility index (Phi) is 7.41. The van der Waals surface area contributed by atoms with Crippen LogP contribution in [-0.4, -0.2) is 41.6 Å². The van der Waals surface area contributed by atoms with E-state index in [0.717, 1.165) is 0 Å². The molecule has 0 aliphatic heterocycles. The molecule has 28 heavy (non-hydrogen) atoms. The number of hydrogen-bond donors (Lipinski definition) is 2. The molecule has 0 unspecified atom stereocenters. The van der Waals surface area contributed by atoms with E-state index in [-0.39, 0.29) is 11.8 Å². The van der Waals surface area contributed by atoms with E-state index in [1.54, 1.807) is 74.0 Å². The Balaban J connectivity index is 0.000000878. The van der Waals surface area contributed by atoms with Crippen molar-refractivity contribution in [1.29, 1.82) is 5.41 Å². The molecule has 0 radical (unpaired) electrons. The van der Waals surface area contributed by atoms with E-state index in [1.165, 1.54) is 0 Å². The molecular weight excluding hydrogens is 378 g/mol. The van der Waals surface area contributed by atoms with Crippen molar-refractivity contribution in [2.24, 2.45) is 4.99 Å². The van der Waals surface area contributed by atoms with E-state index in [1.807, 2.05) is 0 Å². The summed E-state index contributed by atoms with van der Waals surface area (Å²) in [6.45, 7) is 3.11. The van der Waals surface area contributed by atoms with Crippen LogP contribution in [0.25, 0.3) is 0 Å². The SMILES string of the molecule is C=NC.CN(C(=N)c1ncccc1N)c1ccc(Oc2ncccn2)c(Cl)c1. The summed E-state index contributed by atoms with van der Waals surface area (Å²) >= 11 is 6.29. The number of nitrogens with two attached hydrogens (primary N) is 1. The minimum atomic E-state index is 0.161. The zero-order valence-electron chi connectivity index (χ0n) is 15.5. The van der Waals surface area contributed by atoms with Gasteiger partial charge in [0.25, 0.3) is 0 Å². The Morgan fingerprint density at radius 2 is 1.82 bits per heavy atom. The number of hydrogen-bond acceptors (Lipinski definition) is 7. The molecule has 144 valence electrons. The van der Waals surface area contributed by atoms with Gasteiger partial charge in [0, 0.05) is 38.4 Å². The summed E-state index contributed by atoms with van der Waals surface area (Å²) in [5.41, 5.74) is 7.42. The zero-order valence-corrected chi connectivity index (χ0v) is 16.3. The fourth-order valence-corrected chi connectivity index (χ4v) is 2.33. The van der Waals surface area contributed by atoms with Gasteiger partial charge in [-0.3, -0.25) is 10.4 Å². The third kappa shape index (κ3) is 5.24. The Labute approximate surface area is 168 Å². The van der Waals surface area contributed by atoms with Crippen molar-refractivity contribution >= 4 is 35.5 Å². The summed E-state index contributed by atoms with van der Waals surface area (Å²) < 4.78 is 5.55. The second-order valence-corrected chi connectivity index (χ2v) is 5.82. The topological polar surface area (TPSA) is 113 Å². The van der Waals surface area contributed by atoms with E-state index in [2.05, 4.69) is 26.7 Å². The van der Waals surface area contributed by atoms with Crippen LogP contribution in [-0.2, 0) is 0 Å². The molecule has 8 nitrogen and oxygen atoms in total. The number of benzene rings is 1. The molecule has 0 atom stereocenters. The van der Waals surface area contributed by atoms with E-state index in [4.69, 9.17) is 27.5 Å². The Morgan fingerprint density at radius 3 is 2.43 bits per heavy atom. The van der Waals surface area contributed by atoms with Gasteiger partial charge in [0.05, 0.1) is 10.7 Å². The number of rotatable bonds is 4. The minimum absolute atomic E-state index is 0.161. The van der Waals surface area contributed by atoms with Crippen molar-refractivity contribution in [3.8, 4) is 11.8 Å². The first kappa shape index (κ1) is 20.8. The van der Waals surface area contributed by atoms with E-state index in [9.17, 15) is 0 Å². The Bertz CT molecular complexity index is 950. The quantitative estimate of drug-likeness (QED) is 0.512. The number of nitrogens with one attached hydrogen (secondary N) is 1. The lowest BCUT2D eigenvalue weighted by Crippen LogP contribution is -2.28. The first-order valence-electron chi connectivity index (χ1n) is 8.10. The number of aliphatic imine (C=N–C) groups is 1. The van der Waals surface area contributed by atoms with Crippen molar-refractivity contribution in [2.45, 2.75) is 0 Å². The smallest absolute Gasteiger partial charge is 0.321 e. The first-order chi connectivity index (χ1) is 13.5. The highest BCUT2D eigenvalue weighted by molar-refractivity contribution is 6.32. The highest BCUT2D eigenvalue weighted by Crippen LogP contribution is 2.31. The molecule has 0 aliphatic carbocycles. The third-order valence-corrected chi connectivity index (χ3v) is 3.74. The first-order valence-corrected chi connectivity index (χ1v) is 8.48. The van der Waals surface area contributed by atoms with Crippen LogP contribution in [0.3, 0.4) is 0 Å². The number of amidine groups is 1. The number of nitrogen functional groups attached to an aromatic ring is 1. The number of halogens is 1. The standard InChI is InChI=1S/C17H15ClN6O.C2H5N/c1-24(16(20)15-13(19)4-2-7-21-15)11-5-6-14(12(18)10-11)25-17-22-8-3-9-23-17;1-3-2/h2-10,20H,19H2,1H3;1H2,2H3. The summed E-state index contributed by atoms with van der Waals surface area (Å²) in [5.74, 6) is 0.586. The Morgan fingerprint density at radius 1 is 1.18 bits per heavy atom. The van der Waals surface area contributed by atoms with Crippen molar-refractivity contribution < 1.29 is 4.74 Å². The summed E-state index contributed by atoms with van der Waals surface area (Å²) in [6.07, 6.45) is 4.76. The van der Waals surface area contributed by atoms with E-state index < -0.39 is 0 Å². The summed E-state index contributed by atoms with van der Waals surface area (Å²) in [4.78, 5) is 17.0. The van der Waals surface area contributed by atoms with Crippen molar-refractivity contribution in [2.75, 3.05) is 24.7 Å². The number of ether oxygens (including phenoxy) is 1. The summed E-state index contributed by atoms with van der Waals surface area (Å²) in [5, 5.41) is 8.68.